The van der Waals surface area contributed by atoms with Crippen LogP contribution in [0.25, 0.3) is 10.9 Å². The summed E-state index contributed by atoms with van der Waals surface area (Å²) in [5.74, 6) is -1.58. The Hall–Kier alpha value is -4.38. The van der Waals surface area contributed by atoms with Gasteiger partial charge in [0.1, 0.15) is 0 Å². The number of carbonyl (C=O) groups is 2. The number of likely N-dealkylation sites (N-methyl/N-ethyl adjacent to an activating group) is 1. The molecule has 0 saturated heterocycles. The van der Waals surface area contributed by atoms with E-state index in [9.17, 15) is 35.9 Å². The van der Waals surface area contributed by atoms with Crippen molar-refractivity contribution >= 4 is 34.3 Å². The molecule has 4 aromatic rings. The molecule has 12 heteroatoms. The number of halogens is 7. The molecule has 1 atom stereocenters. The summed E-state index contributed by atoms with van der Waals surface area (Å²) in [6.07, 6.45) is -5.39. The van der Waals surface area contributed by atoms with Crippen LogP contribution < -0.4 is 5.32 Å². The Morgan fingerprint density at radius 2 is 1.57 bits per heavy atom. The monoisotopic (exact) mass is 633 g/mol. The van der Waals surface area contributed by atoms with Crippen LogP contribution in [-0.4, -0.2) is 41.3 Å². The van der Waals surface area contributed by atoms with E-state index < -0.39 is 46.9 Å². The van der Waals surface area contributed by atoms with Gasteiger partial charge in [-0.15, -0.1) is 0 Å². The van der Waals surface area contributed by atoms with Crippen LogP contribution in [0.5, 0.6) is 0 Å². The van der Waals surface area contributed by atoms with E-state index in [1.807, 2.05) is 30.3 Å². The Morgan fingerprint density at radius 3 is 2.20 bits per heavy atom. The fourth-order valence-corrected chi connectivity index (χ4v) is 4.71. The number of hydrogen-bond donors (Lipinski definition) is 1. The second-order valence-electron chi connectivity index (χ2n) is 10.00. The number of hydrogen-bond acceptors (Lipinski definition) is 3. The van der Waals surface area contributed by atoms with E-state index in [4.69, 9.17) is 11.6 Å². The zero-order valence-corrected chi connectivity index (χ0v) is 24.0. The second-order valence-corrected chi connectivity index (χ2v) is 10.4. The zero-order valence-electron chi connectivity index (χ0n) is 23.2. The number of fused-ring (bicyclic) bond motifs is 1. The van der Waals surface area contributed by atoms with Gasteiger partial charge in [-0.25, -0.2) is 0 Å². The summed E-state index contributed by atoms with van der Waals surface area (Å²) in [7, 11) is 1.24. The Kier molecular flexibility index (Phi) is 9.98. The van der Waals surface area contributed by atoms with E-state index in [1.165, 1.54) is 19.2 Å². The van der Waals surface area contributed by atoms with Gasteiger partial charge >= 0.3 is 12.4 Å². The van der Waals surface area contributed by atoms with Crippen LogP contribution in [0.1, 0.15) is 32.6 Å². The van der Waals surface area contributed by atoms with Crippen molar-refractivity contribution in [2.75, 3.05) is 13.6 Å². The van der Waals surface area contributed by atoms with Crippen LogP contribution in [0.3, 0.4) is 0 Å². The molecule has 44 heavy (non-hydrogen) atoms. The molecule has 5 nitrogen and oxygen atoms in total. The molecule has 0 bridgehead atoms. The highest BCUT2D eigenvalue weighted by Crippen LogP contribution is 2.36. The summed E-state index contributed by atoms with van der Waals surface area (Å²) in [5, 5.41) is 4.14. The van der Waals surface area contributed by atoms with Crippen molar-refractivity contribution in [3.05, 3.63) is 124 Å². The first-order valence-electron chi connectivity index (χ1n) is 13.3. The fraction of sp³-hybridized carbons (Fsp3) is 0.219. The van der Waals surface area contributed by atoms with Gasteiger partial charge in [0.25, 0.3) is 5.91 Å². The molecular weight excluding hydrogens is 608 g/mol. The SMILES string of the molecule is CN(C(=O)c1cc(C(F)(F)F)cc(C(F)(F)F)c1)C(C=CC(=O)NCCc1ccnc2ccccc12)Cc1ccc(Cl)cc1. The molecular formula is C32H26ClF6N3O2. The Morgan fingerprint density at radius 1 is 0.932 bits per heavy atom. The van der Waals surface area contributed by atoms with E-state index in [0.29, 0.717) is 29.1 Å². The van der Waals surface area contributed by atoms with Gasteiger partial charge in [-0.1, -0.05) is 48.0 Å². The Balaban J connectivity index is 1.54. The minimum Gasteiger partial charge on any atom is -0.352 e. The third-order valence-corrected chi connectivity index (χ3v) is 7.17. The molecule has 0 aliphatic heterocycles. The van der Waals surface area contributed by atoms with Gasteiger partial charge < -0.3 is 10.2 Å². The van der Waals surface area contributed by atoms with Crippen molar-refractivity contribution in [2.45, 2.75) is 31.2 Å². The fourth-order valence-electron chi connectivity index (χ4n) is 4.58. The first kappa shape index (κ1) is 32.5. The lowest BCUT2D eigenvalue weighted by atomic mass is 10.0. The van der Waals surface area contributed by atoms with Gasteiger partial charge in [0, 0.05) is 41.8 Å². The lowest BCUT2D eigenvalue weighted by molar-refractivity contribution is -0.143. The predicted molar refractivity (Wildman–Crippen MR) is 155 cm³/mol. The summed E-state index contributed by atoms with van der Waals surface area (Å²) in [6.45, 7) is 0.276. The number of aromatic nitrogens is 1. The van der Waals surface area contributed by atoms with Gasteiger partial charge in [-0.2, -0.15) is 26.3 Å². The molecule has 4 rings (SSSR count). The highest BCUT2D eigenvalue weighted by atomic mass is 35.5. The summed E-state index contributed by atoms with van der Waals surface area (Å²) in [6, 6.07) is 15.7. The number of nitrogens with zero attached hydrogens (tertiary/aromatic N) is 2. The van der Waals surface area contributed by atoms with Crippen molar-refractivity contribution in [2.24, 2.45) is 0 Å². The number of carbonyl (C=O) groups excluding carboxylic acids is 2. The zero-order chi connectivity index (χ0) is 32.1. The molecule has 0 saturated carbocycles. The lowest BCUT2D eigenvalue weighted by Gasteiger charge is -2.27. The molecule has 0 spiro atoms. The number of alkyl halides is 6. The standard InChI is InChI=1S/C32H26ClF6N3O2/c1-42(30(44)22-17-23(31(34,35)36)19-24(18-22)32(37,38)39)26(16-20-6-8-25(33)9-7-20)10-11-29(43)41-15-13-21-12-14-40-28-5-3-2-4-27(21)28/h2-12,14,17-19,26H,13,15-16H2,1H3,(H,41,43). The quantitative estimate of drug-likeness (QED) is 0.153. The Labute approximate surface area is 254 Å². The molecule has 0 aliphatic carbocycles. The summed E-state index contributed by atoms with van der Waals surface area (Å²) < 4.78 is 80.5. The molecule has 1 heterocycles. The van der Waals surface area contributed by atoms with Gasteiger partial charge in [0.05, 0.1) is 22.7 Å². The molecule has 2 amide bonds. The van der Waals surface area contributed by atoms with Crippen LogP contribution in [0.2, 0.25) is 5.02 Å². The molecule has 230 valence electrons. The topological polar surface area (TPSA) is 62.3 Å². The average Bonchev–Trinajstić information content (AvgIpc) is 2.98. The normalized spacial score (nSPS) is 12.8. The molecule has 0 fully saturated rings. The average molecular weight is 634 g/mol. The minimum absolute atomic E-state index is 0.0407. The van der Waals surface area contributed by atoms with Crippen LogP contribution in [0, 0.1) is 0 Å². The van der Waals surface area contributed by atoms with Crippen molar-refractivity contribution in [1.82, 2.24) is 15.2 Å². The Bertz CT molecular complexity index is 1630. The minimum atomic E-state index is -5.11. The molecule has 3 aromatic carbocycles. The van der Waals surface area contributed by atoms with Gasteiger partial charge in [0.2, 0.25) is 5.91 Å². The first-order valence-corrected chi connectivity index (χ1v) is 13.7. The molecule has 1 aromatic heterocycles. The number of para-hydroxylation sites is 1. The van der Waals surface area contributed by atoms with E-state index in [2.05, 4.69) is 10.3 Å². The van der Waals surface area contributed by atoms with Crippen LogP contribution in [0.4, 0.5) is 26.3 Å². The third-order valence-electron chi connectivity index (χ3n) is 6.91. The van der Waals surface area contributed by atoms with Crippen LogP contribution >= 0.6 is 11.6 Å². The lowest BCUT2D eigenvalue weighted by Crippen LogP contribution is -2.38. The molecule has 0 radical (unpaired) electrons. The summed E-state index contributed by atoms with van der Waals surface area (Å²) in [4.78, 5) is 31.3. The molecule has 0 aliphatic rings. The van der Waals surface area contributed by atoms with Gasteiger partial charge in [-0.05, 0) is 66.4 Å². The van der Waals surface area contributed by atoms with E-state index >= 15 is 0 Å². The number of rotatable bonds is 9. The largest absolute Gasteiger partial charge is 0.416 e. The highest BCUT2D eigenvalue weighted by Gasteiger charge is 2.38. The summed E-state index contributed by atoms with van der Waals surface area (Å²) >= 11 is 5.95. The van der Waals surface area contributed by atoms with Gasteiger partial charge in [0.15, 0.2) is 0 Å². The van der Waals surface area contributed by atoms with E-state index in [0.717, 1.165) is 21.4 Å². The maximum atomic E-state index is 13.4. The summed E-state index contributed by atoms with van der Waals surface area (Å²) in [5.41, 5.74) is -1.54. The van der Waals surface area contributed by atoms with Crippen molar-refractivity contribution in [3.63, 3.8) is 0 Å². The first-order chi connectivity index (χ1) is 20.7. The second kappa shape index (κ2) is 13.5. The van der Waals surface area contributed by atoms with E-state index in [-0.39, 0.29) is 19.0 Å². The number of nitrogens with one attached hydrogen (secondary N) is 1. The van der Waals surface area contributed by atoms with E-state index in [1.54, 1.807) is 30.5 Å². The predicted octanol–water partition coefficient (Wildman–Crippen LogP) is 7.52. The number of amides is 2. The van der Waals surface area contributed by atoms with Crippen LogP contribution in [-0.2, 0) is 30.0 Å². The third kappa shape index (κ3) is 8.37. The number of pyridine rings is 1. The van der Waals surface area contributed by atoms with Crippen molar-refractivity contribution in [1.29, 1.82) is 0 Å². The number of benzene rings is 3. The van der Waals surface area contributed by atoms with Crippen LogP contribution in [0.15, 0.2) is 91.1 Å². The van der Waals surface area contributed by atoms with Crippen molar-refractivity contribution < 1.29 is 35.9 Å². The molecule has 1 N–H and O–H groups in total. The highest BCUT2D eigenvalue weighted by molar-refractivity contribution is 6.30. The maximum Gasteiger partial charge on any atom is 0.416 e. The molecule has 1 unspecified atom stereocenters. The van der Waals surface area contributed by atoms with Gasteiger partial charge in [-0.3, -0.25) is 14.6 Å². The van der Waals surface area contributed by atoms with Crippen molar-refractivity contribution in [3.8, 4) is 0 Å². The smallest absolute Gasteiger partial charge is 0.352 e. The maximum absolute atomic E-state index is 13.4.